The average Bonchev–Trinajstić information content (AvgIpc) is 2.36. The molecule has 0 spiro atoms. The van der Waals surface area contributed by atoms with Crippen molar-refractivity contribution in [2.75, 3.05) is 5.32 Å². The van der Waals surface area contributed by atoms with Crippen molar-refractivity contribution in [2.24, 2.45) is 0 Å². The minimum atomic E-state index is -6.79. The molecule has 0 unspecified atom stereocenters. The van der Waals surface area contributed by atoms with E-state index in [9.17, 15) is 43.2 Å². The first-order valence-corrected chi connectivity index (χ1v) is 8.74. The molecule has 0 fully saturated rings. The molecule has 0 saturated heterocycles. The van der Waals surface area contributed by atoms with Crippen molar-refractivity contribution >= 4 is 25.4 Å². The number of hydrogen-bond acceptors (Lipinski definition) is 5. The summed E-state index contributed by atoms with van der Waals surface area (Å²) in [5, 5.41) is 1.92. The molecule has 1 N–H and O–H groups in total. The predicted octanol–water partition coefficient (Wildman–Crippen LogP) is 3.16. The Labute approximate surface area is 132 Å². The van der Waals surface area contributed by atoms with E-state index >= 15 is 0 Å². The smallest absolute Gasteiger partial charge is 0.357 e. The zero-order valence-corrected chi connectivity index (χ0v) is 13.2. The molecule has 136 valence electrons. The van der Waals surface area contributed by atoms with E-state index in [0.717, 1.165) is 0 Å². The van der Waals surface area contributed by atoms with Crippen LogP contribution in [0.5, 0.6) is 0 Å². The number of hydrogen-bond donors (Lipinski definition) is 1. The van der Waals surface area contributed by atoms with Crippen LogP contribution in [-0.2, 0) is 19.7 Å². The van der Waals surface area contributed by atoms with Crippen LogP contribution in [0.3, 0.4) is 0 Å². The number of allylic oxidation sites excluding steroid dienone is 1. The molecule has 1 aromatic rings. The predicted molar refractivity (Wildman–Crippen MR) is 72.7 cm³/mol. The molecular weight excluding hydrogens is 388 g/mol. The van der Waals surface area contributed by atoms with Crippen LogP contribution in [0.25, 0.3) is 0 Å². The molecule has 0 radical (unpaired) electrons. The summed E-state index contributed by atoms with van der Waals surface area (Å²) in [7, 11) is -13.6. The fraction of sp³-hybridized carbons (Fsp3) is 0.273. The van der Waals surface area contributed by atoms with Gasteiger partial charge in [0.2, 0.25) is 0 Å². The van der Waals surface area contributed by atoms with Gasteiger partial charge in [-0.25, -0.2) is 16.8 Å². The highest BCUT2D eigenvalue weighted by Crippen LogP contribution is 2.40. The number of halogens is 6. The Hall–Kier alpha value is -1.76. The maximum absolute atomic E-state index is 12.6. The number of sulfone groups is 2. The molecule has 0 heterocycles. The quantitative estimate of drug-likeness (QED) is 0.790. The molecule has 0 bridgehead atoms. The van der Waals surface area contributed by atoms with Gasteiger partial charge in [-0.2, -0.15) is 26.3 Å². The van der Waals surface area contributed by atoms with E-state index in [4.69, 9.17) is 0 Å². The van der Waals surface area contributed by atoms with Crippen molar-refractivity contribution in [3.63, 3.8) is 0 Å². The molecule has 0 aliphatic heterocycles. The Morgan fingerprint density at radius 1 is 0.833 bits per heavy atom. The van der Waals surface area contributed by atoms with Gasteiger partial charge in [0, 0.05) is 11.4 Å². The van der Waals surface area contributed by atoms with Gasteiger partial charge in [-0.3, -0.25) is 0 Å². The van der Waals surface area contributed by atoms with Crippen molar-refractivity contribution in [1.82, 2.24) is 0 Å². The summed E-state index contributed by atoms with van der Waals surface area (Å²) >= 11 is 0. The third-order valence-corrected chi connectivity index (χ3v) is 6.63. The third-order valence-electron chi connectivity index (χ3n) is 2.51. The summed E-state index contributed by atoms with van der Waals surface area (Å²) < 4.78 is 118. The van der Waals surface area contributed by atoms with E-state index in [0.29, 0.717) is 6.92 Å². The molecule has 0 atom stereocenters. The fourth-order valence-electron chi connectivity index (χ4n) is 1.55. The summed E-state index contributed by atoms with van der Waals surface area (Å²) in [6.07, 6.45) is 0. The van der Waals surface area contributed by atoms with E-state index in [1.54, 1.807) is 0 Å². The monoisotopic (exact) mass is 397 g/mol. The number of nitrogens with one attached hydrogen (secondary N) is 1. The zero-order valence-electron chi connectivity index (χ0n) is 11.6. The maximum atomic E-state index is 12.6. The molecule has 0 saturated carbocycles. The Bertz CT molecular complexity index is 793. The highest BCUT2D eigenvalue weighted by Gasteiger charge is 2.60. The lowest BCUT2D eigenvalue weighted by Gasteiger charge is -2.17. The Balaban J connectivity index is 3.71. The second-order valence-electron chi connectivity index (χ2n) is 4.30. The lowest BCUT2D eigenvalue weighted by molar-refractivity contribution is -0.0444. The SMILES string of the molecule is CC(Nc1ccccc1)=C(S(=O)(=O)C(F)(F)F)S(=O)(=O)C(F)(F)F. The molecular formula is C11H9F6NO4S2. The van der Waals surface area contributed by atoms with Crippen molar-refractivity contribution in [3.8, 4) is 0 Å². The fourth-order valence-corrected chi connectivity index (χ4v) is 4.60. The number of alkyl halides is 6. The van der Waals surface area contributed by atoms with Crippen LogP contribution < -0.4 is 5.32 Å². The zero-order chi connectivity index (χ0) is 19.0. The molecule has 0 aliphatic rings. The van der Waals surface area contributed by atoms with Gasteiger partial charge in [0.15, 0.2) is 4.24 Å². The second kappa shape index (κ2) is 6.27. The second-order valence-corrected chi connectivity index (χ2v) is 8.32. The molecule has 5 nitrogen and oxygen atoms in total. The van der Waals surface area contributed by atoms with Crippen molar-refractivity contribution in [2.45, 2.75) is 17.9 Å². The molecule has 0 aromatic heterocycles. The minimum Gasteiger partial charge on any atom is -0.357 e. The highest BCUT2D eigenvalue weighted by atomic mass is 32.3. The average molecular weight is 397 g/mol. The van der Waals surface area contributed by atoms with Crippen molar-refractivity contribution in [3.05, 3.63) is 40.3 Å². The summed E-state index contributed by atoms with van der Waals surface area (Å²) in [5.41, 5.74) is -13.9. The van der Waals surface area contributed by atoms with Crippen LogP contribution >= 0.6 is 0 Å². The van der Waals surface area contributed by atoms with Gasteiger partial charge in [-0.15, -0.1) is 0 Å². The molecule has 24 heavy (non-hydrogen) atoms. The van der Waals surface area contributed by atoms with Crippen LogP contribution in [0.4, 0.5) is 32.0 Å². The molecule has 1 aromatic carbocycles. The van der Waals surface area contributed by atoms with E-state index < -0.39 is 40.6 Å². The lowest BCUT2D eigenvalue weighted by atomic mass is 10.3. The summed E-state index contributed by atoms with van der Waals surface area (Å²) in [4.78, 5) is 0. The topological polar surface area (TPSA) is 80.3 Å². The van der Waals surface area contributed by atoms with Crippen LogP contribution in [-0.4, -0.2) is 27.9 Å². The lowest BCUT2D eigenvalue weighted by Crippen LogP contribution is -2.36. The van der Waals surface area contributed by atoms with Crippen molar-refractivity contribution < 1.29 is 43.2 Å². The summed E-state index contributed by atoms with van der Waals surface area (Å²) in [6, 6.07) is 6.50. The first-order chi connectivity index (χ1) is 10.6. The first kappa shape index (κ1) is 20.3. The van der Waals surface area contributed by atoms with Crippen LogP contribution in [0.15, 0.2) is 40.3 Å². The van der Waals surface area contributed by atoms with Gasteiger partial charge in [0.1, 0.15) is 0 Å². The van der Waals surface area contributed by atoms with Gasteiger partial charge in [-0.05, 0) is 19.1 Å². The Kier molecular flexibility index (Phi) is 5.30. The normalized spacial score (nSPS) is 13.5. The number of benzene rings is 1. The van der Waals surface area contributed by atoms with Crippen LogP contribution in [0.1, 0.15) is 6.92 Å². The van der Waals surface area contributed by atoms with E-state index in [1.807, 2.05) is 5.32 Å². The third kappa shape index (κ3) is 3.83. The maximum Gasteiger partial charge on any atom is 0.502 e. The van der Waals surface area contributed by atoms with Crippen LogP contribution in [0, 0.1) is 0 Å². The van der Waals surface area contributed by atoms with E-state index in [-0.39, 0.29) is 5.69 Å². The van der Waals surface area contributed by atoms with E-state index in [2.05, 4.69) is 0 Å². The van der Waals surface area contributed by atoms with Gasteiger partial charge in [0.25, 0.3) is 19.7 Å². The molecule has 1 rings (SSSR count). The largest absolute Gasteiger partial charge is 0.502 e. The first-order valence-electron chi connectivity index (χ1n) is 5.78. The highest BCUT2D eigenvalue weighted by molar-refractivity contribution is 8.15. The summed E-state index contributed by atoms with van der Waals surface area (Å²) in [5.74, 6) is 0. The van der Waals surface area contributed by atoms with Crippen molar-refractivity contribution in [1.29, 1.82) is 0 Å². The number of anilines is 1. The summed E-state index contributed by atoms with van der Waals surface area (Å²) in [6.45, 7) is 0.481. The standard InChI is InChI=1S/C11H9F6NO4S2/c1-7(18-8-5-3-2-4-6-8)9(23(19,20)10(12,13)14)24(21,22)11(15,16)17/h2-6,18H,1H3. The molecule has 0 amide bonds. The van der Waals surface area contributed by atoms with Crippen LogP contribution in [0.2, 0.25) is 0 Å². The molecule has 0 aliphatic carbocycles. The molecule has 13 heteroatoms. The van der Waals surface area contributed by atoms with Gasteiger partial charge in [0.05, 0.1) is 0 Å². The Morgan fingerprint density at radius 3 is 1.54 bits per heavy atom. The van der Waals surface area contributed by atoms with Gasteiger partial charge in [-0.1, -0.05) is 18.2 Å². The van der Waals surface area contributed by atoms with Gasteiger partial charge >= 0.3 is 11.0 Å². The number of para-hydroxylation sites is 1. The minimum absolute atomic E-state index is 0.109. The Morgan fingerprint density at radius 2 is 1.21 bits per heavy atom. The van der Waals surface area contributed by atoms with E-state index in [1.165, 1.54) is 30.3 Å². The number of rotatable bonds is 4. The van der Waals surface area contributed by atoms with Gasteiger partial charge < -0.3 is 5.32 Å².